The normalized spacial score (nSPS) is 14.5. The lowest BCUT2D eigenvalue weighted by atomic mass is 10.2. The van der Waals surface area contributed by atoms with Gasteiger partial charge in [-0.3, -0.25) is 38.4 Å². The van der Waals surface area contributed by atoms with Gasteiger partial charge in [-0.05, 0) is 172 Å². The van der Waals surface area contributed by atoms with Gasteiger partial charge in [0.15, 0.2) is 0 Å². The zero-order chi connectivity index (χ0) is 63.8. The Bertz CT molecular complexity index is 2700. The van der Waals surface area contributed by atoms with Gasteiger partial charge in [-0.1, -0.05) is 43.2 Å². The summed E-state index contributed by atoms with van der Waals surface area (Å²) < 4.78 is 0. The third-order valence-electron chi connectivity index (χ3n) is 13.0. The fraction of sp³-hybridized carbons (Fsp3) is 0.400. The summed E-state index contributed by atoms with van der Waals surface area (Å²) in [5.74, 6) is -8.51. The highest BCUT2D eigenvalue weighted by molar-refractivity contribution is 8.77. The smallest absolute Gasteiger partial charge is 0.303 e. The van der Waals surface area contributed by atoms with Crippen LogP contribution in [0.4, 0.5) is 22.7 Å². The number of carboxylic acid groups (broad SMARTS) is 4. The van der Waals surface area contributed by atoms with Crippen molar-refractivity contribution in [1.82, 2.24) is 0 Å². The van der Waals surface area contributed by atoms with Crippen molar-refractivity contribution in [3.05, 3.63) is 97.1 Å². The molecule has 0 unspecified atom stereocenters. The Hall–Kier alpha value is -8.08. The molecule has 4 N–H and O–H groups in total. The lowest BCUT2D eigenvalue weighted by Gasteiger charge is -2.26. The van der Waals surface area contributed by atoms with Gasteiger partial charge < -0.3 is 80.4 Å². The van der Waals surface area contributed by atoms with Gasteiger partial charge in [0.2, 0.25) is 23.6 Å². The van der Waals surface area contributed by atoms with Crippen molar-refractivity contribution in [3.63, 3.8) is 0 Å². The minimum Gasteiger partial charge on any atom is -0.862 e. The first kappa shape index (κ1) is 70.7. The molecule has 88 heavy (non-hydrogen) atoms. The van der Waals surface area contributed by atoms with Gasteiger partial charge in [0, 0.05) is 146 Å². The quantitative estimate of drug-likeness (QED) is 0.0358. The fourth-order valence-corrected chi connectivity index (χ4v) is 12.3. The van der Waals surface area contributed by atoms with Crippen LogP contribution in [0.25, 0.3) is 0 Å². The third-order valence-corrected chi connectivity index (χ3v) is 17.8. The first-order valence-electron chi connectivity index (χ1n) is 28.2. The summed E-state index contributed by atoms with van der Waals surface area (Å²) in [5, 5.41) is 85.0. The predicted octanol–water partition coefficient (Wildman–Crippen LogP) is 5.95. The molecule has 4 aromatic carbocycles. The third kappa shape index (κ3) is 26.5. The number of carboxylic acids is 4. The number of hydrogen-bond donors (Lipinski definition) is 4. The summed E-state index contributed by atoms with van der Waals surface area (Å²) >= 11 is 0. The average Bonchev–Trinajstić information content (AvgIpc) is 3.71. The number of carbonyl (C=O) groups is 8. The zero-order valence-electron chi connectivity index (χ0n) is 48.1. The molecule has 0 spiro atoms. The lowest BCUT2D eigenvalue weighted by molar-refractivity contribution is -0.220. The molecule has 7 heterocycles. The van der Waals surface area contributed by atoms with E-state index in [-0.39, 0.29) is 127 Å². The SMILES string of the molecule is O=C(O)CCC([O-])=NCCC(=O)N1CCCCN(C(=O)CCN=C([O-])CCC(=O)O)c2ccc(cc2)SSc2ccc(cc2)N(C(=O)CCN=C([O-])CCC(=O)O)CCCCN(C(=O)CCN=C([O-])CCC(=O)O)c2ccc(cc2)SSc2ccc1cc2. The second-order valence-corrected chi connectivity index (χ2v) is 24.1. The summed E-state index contributed by atoms with van der Waals surface area (Å²) in [4.78, 5) is 125. The lowest BCUT2D eigenvalue weighted by Crippen LogP contribution is -2.35. The number of hydrogen-bond acceptors (Lipinski definition) is 20. The monoisotopic (exact) mass is 1280 g/mol. The van der Waals surface area contributed by atoms with E-state index < -0.39 is 73.2 Å². The largest absolute Gasteiger partial charge is 0.862 e. The van der Waals surface area contributed by atoms with Crippen LogP contribution in [0.2, 0.25) is 0 Å². The Morgan fingerprint density at radius 2 is 0.489 bits per heavy atom. The van der Waals surface area contributed by atoms with E-state index in [1.807, 2.05) is 48.5 Å². The molecule has 0 saturated heterocycles. The second kappa shape index (κ2) is 38.3. The molecule has 472 valence electrons. The Morgan fingerprint density at radius 3 is 0.659 bits per heavy atom. The molecule has 24 nitrogen and oxygen atoms in total. The molecule has 0 aliphatic carbocycles. The summed E-state index contributed by atoms with van der Waals surface area (Å²) in [6, 6.07) is 28.9. The van der Waals surface area contributed by atoms with E-state index in [1.54, 1.807) is 68.1 Å². The first-order valence-corrected chi connectivity index (χ1v) is 32.5. The molecular weight excluding hydrogens is 1220 g/mol. The first-order chi connectivity index (χ1) is 42.2. The van der Waals surface area contributed by atoms with E-state index in [2.05, 4.69) is 20.0 Å². The predicted molar refractivity (Wildman–Crippen MR) is 332 cm³/mol. The Kier molecular flexibility index (Phi) is 30.7. The molecule has 8 bridgehead atoms. The maximum Gasteiger partial charge on any atom is 0.303 e. The Morgan fingerprint density at radius 1 is 0.307 bits per heavy atom. The van der Waals surface area contributed by atoms with Crippen molar-refractivity contribution in [2.75, 3.05) is 72.0 Å². The van der Waals surface area contributed by atoms with Gasteiger partial charge in [-0.15, -0.1) is 0 Å². The molecule has 7 aliphatic rings. The van der Waals surface area contributed by atoms with E-state index in [4.69, 9.17) is 20.4 Å². The molecule has 7 aliphatic heterocycles. The zero-order valence-corrected chi connectivity index (χ0v) is 51.4. The summed E-state index contributed by atoms with van der Waals surface area (Å²) in [5.41, 5.74) is 2.20. The second-order valence-electron chi connectivity index (χ2n) is 19.6. The van der Waals surface area contributed by atoms with Crippen molar-refractivity contribution in [3.8, 4) is 0 Å². The van der Waals surface area contributed by atoms with E-state index in [0.29, 0.717) is 48.4 Å². The topological polar surface area (TPSA) is 372 Å². The molecule has 0 saturated carbocycles. The number of aliphatic imine (C=N–C) groups is 4. The summed E-state index contributed by atoms with van der Waals surface area (Å²) in [6.07, 6.45) is -1.76. The van der Waals surface area contributed by atoms with Crippen molar-refractivity contribution in [2.24, 2.45) is 20.0 Å². The van der Waals surface area contributed by atoms with Gasteiger partial charge in [-0.2, -0.15) is 0 Å². The molecule has 0 aromatic heterocycles. The number of benzene rings is 4. The summed E-state index contributed by atoms with van der Waals surface area (Å²) in [6.45, 7) is 0.163. The molecule has 4 amide bonds. The molecule has 28 heteroatoms. The Balaban J connectivity index is 1.45. The van der Waals surface area contributed by atoms with Crippen molar-refractivity contribution < 1.29 is 79.2 Å². The van der Waals surface area contributed by atoms with Gasteiger partial charge >= 0.3 is 23.9 Å². The molecule has 0 fully saturated rings. The molecule has 11 rings (SSSR count). The number of rotatable bonds is 24. The van der Waals surface area contributed by atoms with Crippen molar-refractivity contribution in [1.29, 1.82) is 0 Å². The maximum absolute atomic E-state index is 13.9. The highest BCUT2D eigenvalue weighted by Crippen LogP contribution is 2.40. The Labute approximate surface area is 524 Å². The van der Waals surface area contributed by atoms with Gasteiger partial charge in [-0.25, -0.2) is 0 Å². The van der Waals surface area contributed by atoms with Crippen LogP contribution < -0.4 is 40.0 Å². The molecule has 4 aromatic rings. The molecule has 0 radical (unpaired) electrons. The van der Waals surface area contributed by atoms with Crippen LogP contribution in [0.15, 0.2) is 137 Å². The number of carbonyl (C=O) groups excluding carboxylic acids is 4. The van der Waals surface area contributed by atoms with E-state index in [0.717, 1.165) is 19.6 Å². The maximum atomic E-state index is 13.9. The van der Waals surface area contributed by atoms with Crippen LogP contribution in [-0.2, 0) is 38.4 Å². The standard InChI is InChI=1S/C60H72N8O16S4/c69-49(21-25-57(77)78)61-33-29-53(73)65-37-1-2-38-66(54(74)30-34-62-50(70)22-26-58(79)80)42-7-15-46(16-8-42)86-88-48-19-11-44(12-20-48)68(56(76)32-36-64-52(72)24-28-60(83)84)40-4-3-39-67(55(75)31-35-63-51(71)23-27-59(81)82)43-9-17-47(18-10-43)87-85-45-13-5-41(65)6-14-45/h5-20H,1-4,21-40H2,(H,61,69)(H,62,70)(H,63,71)(H,64,72)(H,77,78)(H,79,80)(H,81,82)(H,83,84)/p-4. The number of anilines is 4. The summed E-state index contributed by atoms with van der Waals surface area (Å²) in [7, 11) is 5.71. The van der Waals surface area contributed by atoms with Crippen LogP contribution in [0.3, 0.4) is 0 Å². The number of amides is 4. The van der Waals surface area contributed by atoms with Crippen LogP contribution in [-0.4, -0.2) is 144 Å². The van der Waals surface area contributed by atoms with Gasteiger partial charge in [0.1, 0.15) is 0 Å². The number of aliphatic carboxylic acids is 4. The molecular formula is C60H68N8O16S4-4. The average molecular weight is 1290 g/mol. The van der Waals surface area contributed by atoms with Crippen LogP contribution in [0.1, 0.15) is 103 Å². The minimum atomic E-state index is -1.15. The van der Waals surface area contributed by atoms with Gasteiger partial charge in [0.25, 0.3) is 0 Å². The van der Waals surface area contributed by atoms with Gasteiger partial charge in [0.05, 0.1) is 0 Å². The molecule has 0 atom stereocenters. The fourth-order valence-electron chi connectivity index (χ4n) is 8.41. The van der Waals surface area contributed by atoms with Crippen molar-refractivity contribution in [2.45, 2.75) is 122 Å². The van der Waals surface area contributed by atoms with Crippen LogP contribution in [0, 0.1) is 0 Å². The number of nitrogens with zero attached hydrogens (tertiary/aromatic N) is 8. The van der Waals surface area contributed by atoms with E-state index >= 15 is 0 Å². The van der Waals surface area contributed by atoms with E-state index in [9.17, 15) is 58.8 Å². The highest BCUT2D eigenvalue weighted by atomic mass is 33.1. The van der Waals surface area contributed by atoms with Crippen LogP contribution in [0.5, 0.6) is 0 Å². The van der Waals surface area contributed by atoms with Crippen molar-refractivity contribution >= 4 is 137 Å². The highest BCUT2D eigenvalue weighted by Gasteiger charge is 2.22. The van der Waals surface area contributed by atoms with Crippen LogP contribution >= 0.6 is 43.2 Å². The van der Waals surface area contributed by atoms with E-state index in [1.165, 1.54) is 43.2 Å². The minimum absolute atomic E-state index is 0.149.